The van der Waals surface area contributed by atoms with Crippen LogP contribution >= 0.6 is 0 Å². The van der Waals surface area contributed by atoms with Gasteiger partial charge in [0.05, 0.1) is 24.2 Å². The van der Waals surface area contributed by atoms with Gasteiger partial charge in [0.25, 0.3) is 5.91 Å². The van der Waals surface area contributed by atoms with Gasteiger partial charge in [-0.2, -0.15) is 0 Å². The molecule has 7 heteroatoms. The fourth-order valence-corrected chi connectivity index (χ4v) is 6.53. The van der Waals surface area contributed by atoms with Crippen molar-refractivity contribution in [3.05, 3.63) is 83.7 Å². The van der Waals surface area contributed by atoms with Crippen molar-refractivity contribution in [1.29, 1.82) is 0 Å². The number of hydrogen-bond acceptors (Lipinski definition) is 4. The molecule has 0 N–H and O–H groups in total. The Kier molecular flexibility index (Phi) is 6.55. The molecule has 2 aliphatic carbocycles. The van der Waals surface area contributed by atoms with Crippen LogP contribution in [0.5, 0.6) is 0 Å². The van der Waals surface area contributed by atoms with E-state index in [2.05, 4.69) is 4.98 Å². The molecule has 1 aromatic heterocycles. The molecule has 1 amide bonds. The smallest absolute Gasteiger partial charge is 0.254 e. The van der Waals surface area contributed by atoms with Crippen molar-refractivity contribution in [1.82, 2.24) is 14.5 Å². The Morgan fingerprint density at radius 1 is 0.912 bits per heavy atom. The lowest BCUT2D eigenvalue weighted by atomic mass is 9.95. The minimum Gasteiger partial charge on any atom is -0.330 e. The Bertz CT molecular complexity index is 1230. The van der Waals surface area contributed by atoms with Gasteiger partial charge in [-0.3, -0.25) is 4.79 Å². The first kappa shape index (κ1) is 22.8. The molecule has 178 valence electrons. The lowest BCUT2D eigenvalue weighted by molar-refractivity contribution is 0.0723. The Morgan fingerprint density at radius 2 is 1.56 bits per heavy atom. The molecule has 5 rings (SSSR count). The second kappa shape index (κ2) is 9.74. The Morgan fingerprint density at radius 3 is 2.21 bits per heavy atom. The number of rotatable bonds is 8. The number of nitrogens with zero attached hydrogens (tertiary/aromatic N) is 3. The van der Waals surface area contributed by atoms with E-state index in [1.807, 2.05) is 70.1 Å². The van der Waals surface area contributed by atoms with Crippen LogP contribution in [0.1, 0.15) is 72.6 Å². The molecular formula is C27H31N3O3S. The Balaban J connectivity index is 1.49. The van der Waals surface area contributed by atoms with E-state index in [-0.39, 0.29) is 28.9 Å². The monoisotopic (exact) mass is 477 g/mol. The fraction of sp³-hybridized carbons (Fsp3) is 0.407. The molecule has 6 nitrogen and oxygen atoms in total. The molecule has 0 unspecified atom stereocenters. The van der Waals surface area contributed by atoms with Gasteiger partial charge in [-0.15, -0.1) is 0 Å². The largest absolute Gasteiger partial charge is 0.330 e. The van der Waals surface area contributed by atoms with Crippen molar-refractivity contribution in [2.24, 2.45) is 0 Å². The van der Waals surface area contributed by atoms with Crippen molar-refractivity contribution >= 4 is 15.7 Å². The van der Waals surface area contributed by atoms with Gasteiger partial charge in [-0.1, -0.05) is 67.8 Å². The number of carbonyl (C=O) groups excluding carboxylic acids is 1. The maximum absolute atomic E-state index is 13.5. The van der Waals surface area contributed by atoms with Crippen molar-refractivity contribution < 1.29 is 13.2 Å². The van der Waals surface area contributed by atoms with Gasteiger partial charge in [0, 0.05) is 17.6 Å². The number of carbonyl (C=O) groups is 1. The molecule has 2 aliphatic rings. The van der Waals surface area contributed by atoms with Crippen molar-refractivity contribution in [2.75, 3.05) is 0 Å². The van der Waals surface area contributed by atoms with Gasteiger partial charge in [0.15, 0.2) is 0 Å². The molecule has 0 atom stereocenters. The first-order chi connectivity index (χ1) is 16.5. The highest BCUT2D eigenvalue weighted by Gasteiger charge is 2.35. The number of benzene rings is 2. The third-order valence-corrected chi connectivity index (χ3v) is 8.43. The highest BCUT2D eigenvalue weighted by molar-refractivity contribution is 7.90. The number of aromatic nitrogens is 2. The van der Waals surface area contributed by atoms with E-state index in [0.29, 0.717) is 12.1 Å². The summed E-state index contributed by atoms with van der Waals surface area (Å²) in [5.41, 5.74) is 2.23. The zero-order valence-electron chi connectivity index (χ0n) is 19.3. The number of sulfone groups is 1. The molecule has 0 saturated heterocycles. The van der Waals surface area contributed by atoms with E-state index in [1.54, 1.807) is 6.20 Å². The summed E-state index contributed by atoms with van der Waals surface area (Å²) in [5.74, 6) is -0.0834. The van der Waals surface area contributed by atoms with Crippen LogP contribution in [0.2, 0.25) is 0 Å². The fourth-order valence-electron chi connectivity index (χ4n) is 4.99. The average molecular weight is 478 g/mol. The molecule has 0 aliphatic heterocycles. The van der Waals surface area contributed by atoms with Crippen LogP contribution < -0.4 is 0 Å². The van der Waals surface area contributed by atoms with E-state index in [1.165, 1.54) is 6.42 Å². The van der Waals surface area contributed by atoms with E-state index in [4.69, 9.17) is 0 Å². The van der Waals surface area contributed by atoms with Crippen LogP contribution in [-0.2, 0) is 22.1 Å². The summed E-state index contributed by atoms with van der Waals surface area (Å²) in [6.07, 6.45) is 8.85. The minimum atomic E-state index is -3.64. The van der Waals surface area contributed by atoms with Crippen molar-refractivity contribution in [2.45, 2.75) is 74.5 Å². The van der Waals surface area contributed by atoms with Gasteiger partial charge < -0.3 is 9.47 Å². The van der Waals surface area contributed by atoms with Gasteiger partial charge in [-0.25, -0.2) is 13.4 Å². The standard InChI is InChI=1S/C27H31N3O3S/c31-26(22-12-6-2-7-13-22)29(23-16-17-23)19-25-18-28-27(30(25)24-14-8-3-9-15-24)34(32,33)20-21-10-4-1-5-11-21/h1-2,4-7,10-13,18,23-24H,3,8-9,14-17,19-20H2. The summed E-state index contributed by atoms with van der Waals surface area (Å²) in [6, 6.07) is 18.9. The van der Waals surface area contributed by atoms with Crippen LogP contribution in [-0.4, -0.2) is 34.8 Å². The van der Waals surface area contributed by atoms with Crippen LogP contribution in [0.4, 0.5) is 0 Å². The maximum atomic E-state index is 13.5. The van der Waals surface area contributed by atoms with Crippen LogP contribution in [0, 0.1) is 0 Å². The van der Waals surface area contributed by atoms with E-state index in [9.17, 15) is 13.2 Å². The van der Waals surface area contributed by atoms with E-state index >= 15 is 0 Å². The topological polar surface area (TPSA) is 72.3 Å². The molecular weight excluding hydrogens is 446 g/mol. The number of imidazole rings is 1. The third kappa shape index (κ3) is 4.94. The highest BCUT2D eigenvalue weighted by Crippen LogP contribution is 2.35. The molecule has 2 saturated carbocycles. The lowest BCUT2D eigenvalue weighted by Crippen LogP contribution is -2.34. The summed E-state index contributed by atoms with van der Waals surface area (Å²) in [7, 11) is -3.64. The first-order valence-corrected chi connectivity index (χ1v) is 13.9. The SMILES string of the molecule is O=C(c1ccccc1)N(Cc1cnc(S(=O)(=O)Cc2ccccc2)n1C1CCCCC1)C1CC1. The second-order valence-corrected chi connectivity index (χ2v) is 11.4. The summed E-state index contributed by atoms with van der Waals surface area (Å²) in [6.45, 7) is 0.378. The zero-order valence-corrected chi connectivity index (χ0v) is 20.2. The molecule has 34 heavy (non-hydrogen) atoms. The average Bonchev–Trinajstić information content (AvgIpc) is 3.61. The maximum Gasteiger partial charge on any atom is 0.254 e. The normalized spacial score (nSPS) is 16.9. The number of amides is 1. The van der Waals surface area contributed by atoms with Gasteiger partial charge in [0.1, 0.15) is 0 Å². The van der Waals surface area contributed by atoms with E-state index in [0.717, 1.165) is 49.8 Å². The summed E-state index contributed by atoms with van der Waals surface area (Å²) in [4.78, 5) is 19.7. The Labute approximate surface area is 201 Å². The summed E-state index contributed by atoms with van der Waals surface area (Å²) < 4.78 is 29.0. The molecule has 2 fully saturated rings. The van der Waals surface area contributed by atoms with Crippen LogP contribution in [0.25, 0.3) is 0 Å². The first-order valence-electron chi connectivity index (χ1n) is 12.2. The van der Waals surface area contributed by atoms with Crippen molar-refractivity contribution in [3.8, 4) is 0 Å². The summed E-state index contributed by atoms with van der Waals surface area (Å²) in [5, 5.41) is 0.140. The molecule has 1 heterocycles. The van der Waals surface area contributed by atoms with Gasteiger partial charge in [-0.05, 0) is 43.4 Å². The Hall–Kier alpha value is -2.93. The quantitative estimate of drug-likeness (QED) is 0.449. The van der Waals surface area contributed by atoms with Crippen LogP contribution in [0.3, 0.4) is 0 Å². The molecule has 3 aromatic rings. The van der Waals surface area contributed by atoms with E-state index < -0.39 is 9.84 Å². The lowest BCUT2D eigenvalue weighted by Gasteiger charge is -2.29. The second-order valence-electron chi connectivity index (χ2n) is 9.47. The predicted molar refractivity (Wildman–Crippen MR) is 131 cm³/mol. The van der Waals surface area contributed by atoms with Crippen LogP contribution in [0.15, 0.2) is 72.0 Å². The van der Waals surface area contributed by atoms with Gasteiger partial charge >= 0.3 is 0 Å². The third-order valence-electron chi connectivity index (χ3n) is 6.86. The summed E-state index contributed by atoms with van der Waals surface area (Å²) >= 11 is 0. The molecule has 0 radical (unpaired) electrons. The van der Waals surface area contributed by atoms with Crippen molar-refractivity contribution in [3.63, 3.8) is 0 Å². The predicted octanol–water partition coefficient (Wildman–Crippen LogP) is 5.17. The highest BCUT2D eigenvalue weighted by atomic mass is 32.2. The number of hydrogen-bond donors (Lipinski definition) is 0. The minimum absolute atomic E-state index is 0.00631. The zero-order chi connectivity index (χ0) is 23.5. The molecule has 0 spiro atoms. The molecule has 0 bridgehead atoms. The molecule has 2 aromatic carbocycles. The van der Waals surface area contributed by atoms with Gasteiger partial charge in [0.2, 0.25) is 15.0 Å².